The number of benzene rings is 1. The first kappa shape index (κ1) is 15.6. The van der Waals surface area contributed by atoms with Crippen LogP contribution in [0.15, 0.2) is 70.7 Å². The second-order valence-corrected chi connectivity index (χ2v) is 6.74. The summed E-state index contributed by atoms with van der Waals surface area (Å²) in [5.74, 6) is 0.526. The lowest BCUT2D eigenvalue weighted by Crippen LogP contribution is -2.26. The first-order valence-corrected chi connectivity index (χ1v) is 8.88. The van der Waals surface area contributed by atoms with E-state index in [4.69, 9.17) is 4.42 Å². The van der Waals surface area contributed by atoms with Crippen molar-refractivity contribution in [3.05, 3.63) is 76.7 Å². The lowest BCUT2D eigenvalue weighted by molar-refractivity contribution is 0.0942. The van der Waals surface area contributed by atoms with Gasteiger partial charge in [0.25, 0.3) is 5.91 Å². The first-order chi connectivity index (χ1) is 12.2. The molecule has 3 heterocycles. The maximum atomic E-state index is 12.9. The van der Waals surface area contributed by atoms with E-state index in [1.165, 1.54) is 0 Å². The third-order valence-corrected chi connectivity index (χ3v) is 5.11. The van der Waals surface area contributed by atoms with Crippen LogP contribution in [0.4, 0.5) is 0 Å². The summed E-state index contributed by atoms with van der Waals surface area (Å²) in [5, 5.41) is 5.91. The largest absolute Gasteiger partial charge is 0.463 e. The molecule has 3 aromatic heterocycles. The molecule has 4 nitrogen and oxygen atoms in total. The monoisotopic (exact) mass is 348 g/mol. The van der Waals surface area contributed by atoms with Crippen molar-refractivity contribution in [1.29, 1.82) is 0 Å². The van der Waals surface area contributed by atoms with E-state index < -0.39 is 0 Å². The zero-order chi connectivity index (χ0) is 17.2. The summed E-state index contributed by atoms with van der Waals surface area (Å²) >= 11 is 1.63. The van der Waals surface area contributed by atoms with Crippen molar-refractivity contribution in [2.24, 2.45) is 0 Å². The number of para-hydroxylation sites is 1. The van der Waals surface area contributed by atoms with E-state index >= 15 is 0 Å². The number of hydrogen-bond acceptors (Lipinski definition) is 4. The van der Waals surface area contributed by atoms with E-state index in [9.17, 15) is 4.79 Å². The normalized spacial score (nSPS) is 12.2. The van der Waals surface area contributed by atoms with Gasteiger partial charge in [-0.3, -0.25) is 4.79 Å². The third kappa shape index (κ3) is 3.06. The van der Waals surface area contributed by atoms with Crippen LogP contribution in [0.1, 0.15) is 28.2 Å². The number of thiophene rings is 1. The van der Waals surface area contributed by atoms with Crippen molar-refractivity contribution in [3.8, 4) is 11.5 Å². The summed E-state index contributed by atoms with van der Waals surface area (Å²) < 4.78 is 5.45. The highest BCUT2D eigenvalue weighted by molar-refractivity contribution is 7.10. The number of furan rings is 1. The quantitative estimate of drug-likeness (QED) is 0.562. The molecule has 0 radical (unpaired) electrons. The van der Waals surface area contributed by atoms with Crippen LogP contribution < -0.4 is 5.32 Å². The van der Waals surface area contributed by atoms with Gasteiger partial charge >= 0.3 is 0 Å². The van der Waals surface area contributed by atoms with Crippen molar-refractivity contribution < 1.29 is 9.21 Å². The average Bonchev–Trinajstić information content (AvgIpc) is 3.34. The Bertz CT molecular complexity index is 1010. The van der Waals surface area contributed by atoms with Crippen molar-refractivity contribution in [2.75, 3.05) is 0 Å². The zero-order valence-corrected chi connectivity index (χ0v) is 14.4. The fraction of sp³-hybridized carbons (Fsp3) is 0.100. The number of hydrogen-bond donors (Lipinski definition) is 1. The number of nitrogens with one attached hydrogen (secondary N) is 1. The molecule has 0 spiro atoms. The Labute approximate surface area is 149 Å². The summed E-state index contributed by atoms with van der Waals surface area (Å²) in [6.45, 7) is 1.99. The van der Waals surface area contributed by atoms with Gasteiger partial charge in [-0.2, -0.15) is 0 Å². The van der Waals surface area contributed by atoms with E-state index in [1.54, 1.807) is 23.7 Å². The van der Waals surface area contributed by atoms with E-state index in [2.05, 4.69) is 10.3 Å². The van der Waals surface area contributed by atoms with Crippen LogP contribution in [-0.4, -0.2) is 10.9 Å². The maximum Gasteiger partial charge on any atom is 0.252 e. The summed E-state index contributed by atoms with van der Waals surface area (Å²) in [6, 6.07) is 17.0. The van der Waals surface area contributed by atoms with Crippen LogP contribution >= 0.6 is 11.3 Å². The lowest BCUT2D eigenvalue weighted by Gasteiger charge is -2.14. The molecule has 1 aromatic carbocycles. The van der Waals surface area contributed by atoms with E-state index in [0.717, 1.165) is 15.8 Å². The van der Waals surface area contributed by atoms with Crippen LogP contribution in [0.5, 0.6) is 0 Å². The maximum absolute atomic E-state index is 12.9. The minimum Gasteiger partial charge on any atom is -0.463 e. The number of aromatic nitrogens is 1. The molecule has 1 unspecified atom stereocenters. The van der Waals surface area contributed by atoms with Gasteiger partial charge in [0.15, 0.2) is 5.76 Å². The standard InChI is InChI=1S/C20H16N2O2S/c1-13(19-9-5-11-25-19)21-20(23)15-12-17(18-8-4-10-24-18)22-16-7-3-2-6-14(15)16/h2-13H,1H3,(H,21,23). The second kappa shape index (κ2) is 6.53. The molecule has 0 bridgehead atoms. The molecule has 1 N–H and O–H groups in total. The summed E-state index contributed by atoms with van der Waals surface area (Å²) in [7, 11) is 0. The fourth-order valence-electron chi connectivity index (χ4n) is 2.80. The molecule has 1 amide bonds. The molecular formula is C20H16N2O2S. The van der Waals surface area contributed by atoms with Gasteiger partial charge in [-0.1, -0.05) is 24.3 Å². The molecule has 0 saturated carbocycles. The molecule has 124 valence electrons. The first-order valence-electron chi connectivity index (χ1n) is 8.00. The van der Waals surface area contributed by atoms with E-state index in [-0.39, 0.29) is 11.9 Å². The molecule has 0 fully saturated rings. The molecule has 0 aliphatic rings. The van der Waals surface area contributed by atoms with Gasteiger partial charge in [-0.25, -0.2) is 4.98 Å². The minimum atomic E-state index is -0.118. The van der Waals surface area contributed by atoms with Crippen LogP contribution in [0.3, 0.4) is 0 Å². The van der Waals surface area contributed by atoms with Gasteiger partial charge in [0.05, 0.1) is 23.4 Å². The number of nitrogens with zero attached hydrogens (tertiary/aromatic N) is 1. The summed E-state index contributed by atoms with van der Waals surface area (Å²) in [4.78, 5) is 18.7. The number of carbonyl (C=O) groups is 1. The number of carbonyl (C=O) groups excluding carboxylic acids is 1. The predicted octanol–water partition coefficient (Wildman–Crippen LogP) is 5.05. The van der Waals surface area contributed by atoms with Gasteiger partial charge in [0.2, 0.25) is 0 Å². The molecule has 4 aromatic rings. The van der Waals surface area contributed by atoms with Gasteiger partial charge in [-0.15, -0.1) is 11.3 Å². The Hall–Kier alpha value is -2.92. The molecule has 0 aliphatic carbocycles. The zero-order valence-electron chi connectivity index (χ0n) is 13.6. The summed E-state index contributed by atoms with van der Waals surface area (Å²) in [6.07, 6.45) is 1.60. The highest BCUT2D eigenvalue weighted by Gasteiger charge is 2.17. The van der Waals surface area contributed by atoms with Crippen molar-refractivity contribution in [3.63, 3.8) is 0 Å². The lowest BCUT2D eigenvalue weighted by atomic mass is 10.1. The van der Waals surface area contributed by atoms with E-state index in [1.807, 2.05) is 60.8 Å². The fourth-order valence-corrected chi connectivity index (χ4v) is 3.53. The smallest absolute Gasteiger partial charge is 0.252 e. The van der Waals surface area contributed by atoms with Gasteiger partial charge in [-0.05, 0) is 42.6 Å². The van der Waals surface area contributed by atoms with Gasteiger partial charge in [0.1, 0.15) is 5.69 Å². The Morgan fingerprint density at radius 2 is 2.04 bits per heavy atom. The number of fused-ring (bicyclic) bond motifs is 1. The highest BCUT2D eigenvalue weighted by atomic mass is 32.1. The molecule has 25 heavy (non-hydrogen) atoms. The molecule has 0 aliphatic heterocycles. The highest BCUT2D eigenvalue weighted by Crippen LogP contribution is 2.26. The Morgan fingerprint density at radius 1 is 1.16 bits per heavy atom. The van der Waals surface area contributed by atoms with Crippen molar-refractivity contribution >= 4 is 28.1 Å². The van der Waals surface area contributed by atoms with Crippen molar-refractivity contribution in [1.82, 2.24) is 10.3 Å². The van der Waals surface area contributed by atoms with Gasteiger partial charge in [0, 0.05) is 10.3 Å². The van der Waals surface area contributed by atoms with Crippen LogP contribution in [-0.2, 0) is 0 Å². The van der Waals surface area contributed by atoms with E-state index in [0.29, 0.717) is 17.0 Å². The van der Waals surface area contributed by atoms with Gasteiger partial charge < -0.3 is 9.73 Å². The Morgan fingerprint density at radius 3 is 2.80 bits per heavy atom. The summed E-state index contributed by atoms with van der Waals surface area (Å²) in [5.41, 5.74) is 2.02. The number of amides is 1. The number of rotatable bonds is 4. The topological polar surface area (TPSA) is 55.1 Å². The second-order valence-electron chi connectivity index (χ2n) is 5.76. The van der Waals surface area contributed by atoms with Crippen LogP contribution in [0.2, 0.25) is 0 Å². The molecule has 0 saturated heterocycles. The third-order valence-electron chi connectivity index (χ3n) is 4.05. The molecular weight excluding hydrogens is 332 g/mol. The number of pyridine rings is 1. The van der Waals surface area contributed by atoms with Crippen LogP contribution in [0, 0.1) is 0 Å². The average molecular weight is 348 g/mol. The SMILES string of the molecule is CC(NC(=O)c1cc(-c2ccco2)nc2ccccc12)c1cccs1. The predicted molar refractivity (Wildman–Crippen MR) is 99.6 cm³/mol. The van der Waals surface area contributed by atoms with Crippen LogP contribution in [0.25, 0.3) is 22.4 Å². The molecule has 5 heteroatoms. The molecule has 1 atom stereocenters. The molecule has 4 rings (SSSR count). The Balaban J connectivity index is 1.75. The Kier molecular flexibility index (Phi) is 4.07. The minimum absolute atomic E-state index is 0.0495. The van der Waals surface area contributed by atoms with Crippen molar-refractivity contribution in [2.45, 2.75) is 13.0 Å².